The number of amides is 1. The van der Waals surface area contributed by atoms with Crippen LogP contribution in [0.1, 0.15) is 22.3 Å². The van der Waals surface area contributed by atoms with Gasteiger partial charge in [0.05, 0.1) is 12.3 Å². The lowest BCUT2D eigenvalue weighted by atomic mass is 10.1. The molecule has 1 aromatic carbocycles. The van der Waals surface area contributed by atoms with Gasteiger partial charge in [-0.05, 0) is 43.4 Å². The first kappa shape index (κ1) is 19.7. The second kappa shape index (κ2) is 8.82. The van der Waals surface area contributed by atoms with Gasteiger partial charge in [0.1, 0.15) is 5.76 Å². The molecule has 7 nitrogen and oxygen atoms in total. The second-order valence-electron chi connectivity index (χ2n) is 7.16. The van der Waals surface area contributed by atoms with E-state index in [1.807, 2.05) is 24.3 Å². The Morgan fingerprint density at radius 3 is 2.66 bits per heavy atom. The van der Waals surface area contributed by atoms with Gasteiger partial charge >= 0.3 is 0 Å². The molecule has 0 saturated carbocycles. The number of carbonyl (C=O) groups excluding carboxylic acids is 1. The Kier molecular flexibility index (Phi) is 5.99. The molecule has 3 heterocycles. The van der Waals surface area contributed by atoms with Gasteiger partial charge in [-0.25, -0.2) is 0 Å². The summed E-state index contributed by atoms with van der Waals surface area (Å²) >= 11 is 5.92. The zero-order valence-corrected chi connectivity index (χ0v) is 16.9. The molecule has 1 fully saturated rings. The summed E-state index contributed by atoms with van der Waals surface area (Å²) in [4.78, 5) is 17.3. The van der Waals surface area contributed by atoms with E-state index in [0.29, 0.717) is 17.3 Å². The molecule has 0 spiro atoms. The number of aromatic nitrogens is 1. The Balaban J connectivity index is 1.42. The van der Waals surface area contributed by atoms with Gasteiger partial charge in [-0.1, -0.05) is 16.8 Å². The van der Waals surface area contributed by atoms with E-state index in [0.717, 1.165) is 37.5 Å². The van der Waals surface area contributed by atoms with Gasteiger partial charge in [0.15, 0.2) is 11.5 Å². The van der Waals surface area contributed by atoms with Crippen LogP contribution < -0.4 is 5.32 Å². The number of furan rings is 1. The van der Waals surface area contributed by atoms with Gasteiger partial charge in [0.2, 0.25) is 0 Å². The van der Waals surface area contributed by atoms with Crippen LogP contribution in [0.15, 0.2) is 57.7 Å². The lowest BCUT2D eigenvalue weighted by molar-refractivity contribution is 0.0845. The van der Waals surface area contributed by atoms with E-state index in [2.05, 4.69) is 27.3 Å². The van der Waals surface area contributed by atoms with E-state index in [1.54, 1.807) is 24.5 Å². The molecule has 152 valence electrons. The monoisotopic (exact) mass is 414 g/mol. The van der Waals surface area contributed by atoms with E-state index < -0.39 is 0 Å². The van der Waals surface area contributed by atoms with Gasteiger partial charge in [-0.15, -0.1) is 0 Å². The first-order valence-corrected chi connectivity index (χ1v) is 9.95. The maximum Gasteiger partial charge on any atom is 0.273 e. The highest BCUT2D eigenvalue weighted by Crippen LogP contribution is 2.24. The molecule has 1 aliphatic rings. The van der Waals surface area contributed by atoms with Crippen molar-refractivity contribution in [2.24, 2.45) is 0 Å². The van der Waals surface area contributed by atoms with E-state index >= 15 is 0 Å². The molecule has 3 aromatic rings. The molecule has 0 aliphatic carbocycles. The summed E-state index contributed by atoms with van der Waals surface area (Å²) in [6.07, 6.45) is 1.66. The number of hydrogen-bond donors (Lipinski definition) is 1. The number of nitrogens with zero attached hydrogens (tertiary/aromatic N) is 3. The smallest absolute Gasteiger partial charge is 0.273 e. The first-order valence-electron chi connectivity index (χ1n) is 9.57. The molecular weight excluding hydrogens is 392 g/mol. The molecule has 0 unspecified atom stereocenters. The molecule has 8 heteroatoms. The number of benzene rings is 1. The van der Waals surface area contributed by atoms with Crippen molar-refractivity contribution in [1.82, 2.24) is 20.3 Å². The number of rotatable bonds is 6. The van der Waals surface area contributed by atoms with Crippen molar-refractivity contribution in [3.63, 3.8) is 0 Å². The van der Waals surface area contributed by atoms with Crippen LogP contribution in [0.2, 0.25) is 5.02 Å². The van der Waals surface area contributed by atoms with Crippen LogP contribution in [0.3, 0.4) is 0 Å². The van der Waals surface area contributed by atoms with E-state index in [9.17, 15) is 4.79 Å². The predicted molar refractivity (Wildman–Crippen MR) is 110 cm³/mol. The average molecular weight is 415 g/mol. The van der Waals surface area contributed by atoms with Crippen LogP contribution in [0.4, 0.5) is 0 Å². The van der Waals surface area contributed by atoms with Crippen LogP contribution in [0, 0.1) is 0 Å². The van der Waals surface area contributed by atoms with Gasteiger partial charge in [0.25, 0.3) is 5.91 Å². The molecule has 0 bridgehead atoms. The highest BCUT2D eigenvalue weighted by Gasteiger charge is 2.27. The largest absolute Gasteiger partial charge is 0.468 e. The second-order valence-corrected chi connectivity index (χ2v) is 7.60. The van der Waals surface area contributed by atoms with Crippen LogP contribution >= 0.6 is 11.6 Å². The maximum atomic E-state index is 12.6. The van der Waals surface area contributed by atoms with Crippen molar-refractivity contribution >= 4 is 17.5 Å². The lowest BCUT2D eigenvalue weighted by Crippen LogP contribution is -2.48. The third-order valence-corrected chi connectivity index (χ3v) is 5.43. The summed E-state index contributed by atoms with van der Waals surface area (Å²) < 4.78 is 11.0. The topological polar surface area (TPSA) is 74.8 Å². The molecule has 1 aliphatic heterocycles. The van der Waals surface area contributed by atoms with Gasteiger partial charge in [-0.3, -0.25) is 9.69 Å². The van der Waals surface area contributed by atoms with Crippen molar-refractivity contribution in [3.05, 3.63) is 65.2 Å². The van der Waals surface area contributed by atoms with E-state index in [1.165, 1.54) is 0 Å². The Morgan fingerprint density at radius 2 is 1.97 bits per heavy atom. The zero-order chi connectivity index (χ0) is 20.2. The van der Waals surface area contributed by atoms with Crippen LogP contribution in [0.5, 0.6) is 0 Å². The van der Waals surface area contributed by atoms with Crippen molar-refractivity contribution in [1.29, 1.82) is 0 Å². The quantitative estimate of drug-likeness (QED) is 0.667. The van der Waals surface area contributed by atoms with Gasteiger partial charge < -0.3 is 19.2 Å². The Morgan fingerprint density at radius 1 is 1.21 bits per heavy atom. The molecule has 0 radical (unpaired) electrons. The van der Waals surface area contributed by atoms with Crippen molar-refractivity contribution in [3.8, 4) is 11.3 Å². The number of nitrogens with one attached hydrogen (secondary N) is 1. The molecule has 1 amide bonds. The van der Waals surface area contributed by atoms with Gasteiger partial charge in [0, 0.05) is 49.4 Å². The van der Waals surface area contributed by atoms with Crippen molar-refractivity contribution in [2.45, 2.75) is 6.04 Å². The average Bonchev–Trinajstić information content (AvgIpc) is 3.42. The van der Waals surface area contributed by atoms with Crippen LogP contribution in [-0.4, -0.2) is 60.6 Å². The maximum absolute atomic E-state index is 12.6. The molecule has 1 N–H and O–H groups in total. The SMILES string of the molecule is CN1CCN([C@@H](CNC(=O)c2cc(-c3ccc(Cl)cc3)on2)c2ccco2)CC1. The highest BCUT2D eigenvalue weighted by molar-refractivity contribution is 6.30. The summed E-state index contributed by atoms with van der Waals surface area (Å²) in [7, 11) is 2.11. The Bertz CT molecular complexity index is 931. The zero-order valence-electron chi connectivity index (χ0n) is 16.2. The number of piperazine rings is 1. The fourth-order valence-electron chi connectivity index (χ4n) is 3.44. The standard InChI is InChI=1S/C21H23ClN4O3/c1-25-8-10-26(11-9-25)18(19-3-2-12-28-19)14-23-21(27)17-13-20(29-24-17)15-4-6-16(22)7-5-15/h2-7,12-13,18H,8-11,14H2,1H3,(H,23,27)/t18-/m0/s1. The third-order valence-electron chi connectivity index (χ3n) is 5.18. The van der Waals surface area contributed by atoms with Crippen LogP contribution in [0.25, 0.3) is 11.3 Å². The summed E-state index contributed by atoms with van der Waals surface area (Å²) in [6.45, 7) is 4.24. The summed E-state index contributed by atoms with van der Waals surface area (Å²) in [5.74, 6) is 1.09. The molecule has 29 heavy (non-hydrogen) atoms. The number of likely N-dealkylation sites (N-methyl/N-ethyl adjacent to an activating group) is 1. The Hall–Kier alpha value is -2.61. The van der Waals surface area contributed by atoms with Crippen molar-refractivity contribution < 1.29 is 13.7 Å². The minimum Gasteiger partial charge on any atom is -0.468 e. The number of carbonyl (C=O) groups is 1. The molecule has 1 saturated heterocycles. The summed E-state index contributed by atoms with van der Waals surface area (Å²) in [5, 5.41) is 7.52. The first-order chi connectivity index (χ1) is 14.1. The lowest BCUT2D eigenvalue weighted by Gasteiger charge is -2.37. The summed E-state index contributed by atoms with van der Waals surface area (Å²) in [5.41, 5.74) is 1.05. The fourth-order valence-corrected chi connectivity index (χ4v) is 3.56. The fraction of sp³-hybridized carbons (Fsp3) is 0.333. The highest BCUT2D eigenvalue weighted by atomic mass is 35.5. The predicted octanol–water partition coefficient (Wildman–Crippen LogP) is 3.31. The minimum absolute atomic E-state index is 0.0229. The van der Waals surface area contributed by atoms with Crippen molar-refractivity contribution in [2.75, 3.05) is 39.8 Å². The third kappa shape index (κ3) is 4.70. The van der Waals surface area contributed by atoms with Gasteiger partial charge in [-0.2, -0.15) is 0 Å². The van der Waals surface area contributed by atoms with E-state index in [4.69, 9.17) is 20.5 Å². The molecule has 4 rings (SSSR count). The molecule has 1 atom stereocenters. The minimum atomic E-state index is -0.278. The Labute approximate surface area is 174 Å². The summed E-state index contributed by atoms with van der Waals surface area (Å²) in [6, 6.07) is 12.6. The van der Waals surface area contributed by atoms with E-state index in [-0.39, 0.29) is 17.6 Å². The number of halogens is 1. The molecular formula is C21H23ClN4O3. The molecule has 2 aromatic heterocycles. The number of hydrogen-bond acceptors (Lipinski definition) is 6. The normalized spacial score (nSPS) is 16.6. The van der Waals surface area contributed by atoms with Crippen LogP contribution in [-0.2, 0) is 0 Å².